The largest absolute Gasteiger partial charge is 0.396 e. The molecule has 2 N–H and O–H groups in total. The zero-order valence-corrected chi connectivity index (χ0v) is 15.1. The number of hydrogen-bond donors (Lipinski definition) is 2. The molecule has 1 saturated carbocycles. The van der Waals surface area contributed by atoms with Crippen molar-refractivity contribution >= 4 is 0 Å². The van der Waals surface area contributed by atoms with Crippen molar-refractivity contribution in [1.29, 1.82) is 0 Å². The van der Waals surface area contributed by atoms with Crippen molar-refractivity contribution in [3.05, 3.63) is 35.9 Å². The first kappa shape index (κ1) is 17.9. The normalized spacial score (nSPS) is 32.8. The van der Waals surface area contributed by atoms with Gasteiger partial charge in [-0.1, -0.05) is 43.7 Å². The van der Waals surface area contributed by atoms with E-state index in [0.717, 1.165) is 39.1 Å². The predicted octanol–water partition coefficient (Wildman–Crippen LogP) is 2.42. The van der Waals surface area contributed by atoms with Crippen molar-refractivity contribution in [3.63, 3.8) is 0 Å². The summed E-state index contributed by atoms with van der Waals surface area (Å²) < 4.78 is 6.05. The second-order valence-electron chi connectivity index (χ2n) is 7.84. The Bertz CT molecular complexity index is 510. The first-order chi connectivity index (χ1) is 11.6. The Labute approximate surface area is 146 Å². The minimum absolute atomic E-state index is 0.0205. The molecule has 1 saturated heterocycles. The lowest BCUT2D eigenvalue weighted by Gasteiger charge is -2.39. The van der Waals surface area contributed by atoms with Crippen LogP contribution >= 0.6 is 0 Å². The molecule has 4 atom stereocenters. The Morgan fingerprint density at radius 1 is 1.38 bits per heavy atom. The van der Waals surface area contributed by atoms with Gasteiger partial charge in [-0.25, -0.2) is 0 Å². The highest BCUT2D eigenvalue weighted by Gasteiger charge is 2.39. The molecule has 24 heavy (non-hydrogen) atoms. The van der Waals surface area contributed by atoms with Gasteiger partial charge >= 0.3 is 0 Å². The molecule has 4 unspecified atom stereocenters. The molecule has 1 aromatic rings. The number of nitrogens with zero attached hydrogens (tertiary/aromatic N) is 1. The van der Waals surface area contributed by atoms with Gasteiger partial charge in [-0.2, -0.15) is 0 Å². The lowest BCUT2D eigenvalue weighted by atomic mass is 9.85. The smallest absolute Gasteiger partial charge is 0.0852 e. The van der Waals surface area contributed by atoms with Gasteiger partial charge in [-0.05, 0) is 25.3 Å². The van der Waals surface area contributed by atoms with Crippen LogP contribution in [0.1, 0.15) is 38.7 Å². The van der Waals surface area contributed by atoms with E-state index in [9.17, 15) is 5.11 Å². The summed E-state index contributed by atoms with van der Waals surface area (Å²) in [7, 11) is 0. The summed E-state index contributed by atoms with van der Waals surface area (Å²) in [5.41, 5.74) is 1.38. The molecule has 1 aliphatic heterocycles. The number of aliphatic hydroxyl groups excluding tert-OH is 1. The summed E-state index contributed by atoms with van der Waals surface area (Å²) in [6.07, 6.45) is 3.68. The lowest BCUT2D eigenvalue weighted by molar-refractivity contribution is -0.0505. The maximum absolute atomic E-state index is 9.75. The van der Waals surface area contributed by atoms with Crippen molar-refractivity contribution in [3.8, 4) is 0 Å². The van der Waals surface area contributed by atoms with E-state index < -0.39 is 0 Å². The van der Waals surface area contributed by atoms with Gasteiger partial charge in [0.25, 0.3) is 0 Å². The molecule has 4 nitrogen and oxygen atoms in total. The molecule has 1 aromatic carbocycles. The van der Waals surface area contributed by atoms with E-state index in [1.54, 1.807) is 0 Å². The second kappa shape index (κ2) is 7.96. The summed E-state index contributed by atoms with van der Waals surface area (Å²) >= 11 is 0. The Hall–Kier alpha value is -0.940. The van der Waals surface area contributed by atoms with Crippen molar-refractivity contribution in [1.82, 2.24) is 10.2 Å². The third-order valence-electron chi connectivity index (χ3n) is 5.89. The third-order valence-corrected chi connectivity index (χ3v) is 5.89. The van der Waals surface area contributed by atoms with E-state index in [1.165, 1.54) is 12.0 Å². The van der Waals surface area contributed by atoms with Crippen molar-refractivity contribution in [2.75, 3.05) is 26.3 Å². The molecule has 0 bridgehead atoms. The second-order valence-corrected chi connectivity index (χ2v) is 7.84. The standard InChI is InChI=1S/C20H32N2O2/c1-16(21-19-9-6-10-20(19,2)15-23)18-14-22(11-12-24-18)13-17-7-4-3-5-8-17/h3-5,7-8,16,18-19,21,23H,6,9-15H2,1-2H3. The predicted molar refractivity (Wildman–Crippen MR) is 96.9 cm³/mol. The van der Waals surface area contributed by atoms with Crippen molar-refractivity contribution in [2.45, 2.75) is 57.8 Å². The minimum Gasteiger partial charge on any atom is -0.396 e. The van der Waals surface area contributed by atoms with Gasteiger partial charge in [0.05, 0.1) is 12.7 Å². The summed E-state index contributed by atoms with van der Waals surface area (Å²) in [6, 6.07) is 11.4. The number of benzene rings is 1. The summed E-state index contributed by atoms with van der Waals surface area (Å²) in [5.74, 6) is 0. The number of ether oxygens (including phenoxy) is 1. The fraction of sp³-hybridized carbons (Fsp3) is 0.700. The highest BCUT2D eigenvalue weighted by atomic mass is 16.5. The van der Waals surface area contributed by atoms with Gasteiger partial charge in [0.2, 0.25) is 0 Å². The highest BCUT2D eigenvalue weighted by molar-refractivity contribution is 5.14. The Balaban J connectivity index is 1.54. The zero-order valence-electron chi connectivity index (χ0n) is 15.1. The number of hydrogen-bond acceptors (Lipinski definition) is 4. The first-order valence-corrected chi connectivity index (χ1v) is 9.35. The minimum atomic E-state index is 0.0205. The van der Waals surface area contributed by atoms with Crippen molar-refractivity contribution in [2.24, 2.45) is 5.41 Å². The molecule has 3 rings (SSSR count). The average Bonchev–Trinajstić information content (AvgIpc) is 2.97. The van der Waals surface area contributed by atoms with E-state index in [0.29, 0.717) is 12.1 Å². The SMILES string of the molecule is CC(NC1CCCC1(C)CO)C1CN(Cc2ccccc2)CCO1. The first-order valence-electron chi connectivity index (χ1n) is 9.35. The highest BCUT2D eigenvalue weighted by Crippen LogP contribution is 2.37. The van der Waals surface area contributed by atoms with Gasteiger partial charge in [-0.15, -0.1) is 0 Å². The van der Waals surface area contributed by atoms with Gasteiger partial charge in [0.15, 0.2) is 0 Å². The molecule has 1 heterocycles. The van der Waals surface area contributed by atoms with Gasteiger partial charge in [0.1, 0.15) is 0 Å². The molecule has 0 aromatic heterocycles. The van der Waals surface area contributed by atoms with Gasteiger partial charge < -0.3 is 15.2 Å². The number of aliphatic hydroxyl groups is 1. The molecular weight excluding hydrogens is 300 g/mol. The number of nitrogens with one attached hydrogen (secondary N) is 1. The fourth-order valence-electron chi connectivity index (χ4n) is 4.15. The molecule has 4 heteroatoms. The molecule has 2 fully saturated rings. The zero-order chi connectivity index (χ0) is 17.0. The molecule has 0 radical (unpaired) electrons. The Morgan fingerprint density at radius 3 is 2.92 bits per heavy atom. The van der Waals surface area contributed by atoms with E-state index in [2.05, 4.69) is 54.4 Å². The maximum atomic E-state index is 9.75. The summed E-state index contributed by atoms with van der Waals surface area (Å²) in [5, 5.41) is 13.5. The Kier molecular flexibility index (Phi) is 5.93. The molecular formula is C20H32N2O2. The third kappa shape index (κ3) is 4.17. The molecule has 134 valence electrons. The van der Waals surface area contributed by atoms with E-state index in [1.807, 2.05) is 0 Å². The van der Waals surface area contributed by atoms with Crippen LogP contribution in [-0.2, 0) is 11.3 Å². The van der Waals surface area contributed by atoms with Crippen LogP contribution in [0.4, 0.5) is 0 Å². The molecule has 0 spiro atoms. The molecule has 0 amide bonds. The van der Waals surface area contributed by atoms with Crippen LogP contribution in [0.2, 0.25) is 0 Å². The molecule has 2 aliphatic rings. The van der Waals surface area contributed by atoms with Gasteiger partial charge in [0, 0.05) is 43.7 Å². The topological polar surface area (TPSA) is 44.7 Å². The van der Waals surface area contributed by atoms with Crippen LogP contribution in [0, 0.1) is 5.41 Å². The lowest BCUT2D eigenvalue weighted by Crippen LogP contribution is -2.55. The van der Waals surface area contributed by atoms with E-state index in [4.69, 9.17) is 4.74 Å². The molecule has 1 aliphatic carbocycles. The Morgan fingerprint density at radius 2 is 2.17 bits per heavy atom. The van der Waals surface area contributed by atoms with Crippen LogP contribution in [-0.4, -0.2) is 54.5 Å². The van der Waals surface area contributed by atoms with E-state index >= 15 is 0 Å². The average molecular weight is 332 g/mol. The monoisotopic (exact) mass is 332 g/mol. The maximum Gasteiger partial charge on any atom is 0.0852 e. The van der Waals surface area contributed by atoms with Crippen LogP contribution in [0.15, 0.2) is 30.3 Å². The van der Waals surface area contributed by atoms with Gasteiger partial charge in [-0.3, -0.25) is 4.90 Å². The van der Waals surface area contributed by atoms with Crippen LogP contribution in [0.3, 0.4) is 0 Å². The fourth-order valence-corrected chi connectivity index (χ4v) is 4.15. The van der Waals surface area contributed by atoms with Crippen LogP contribution in [0.25, 0.3) is 0 Å². The van der Waals surface area contributed by atoms with E-state index in [-0.39, 0.29) is 18.1 Å². The van der Waals surface area contributed by atoms with Crippen LogP contribution < -0.4 is 5.32 Å². The van der Waals surface area contributed by atoms with Crippen molar-refractivity contribution < 1.29 is 9.84 Å². The number of rotatable bonds is 6. The number of morpholine rings is 1. The summed E-state index contributed by atoms with van der Waals surface area (Å²) in [4.78, 5) is 2.49. The van der Waals surface area contributed by atoms with Crippen LogP contribution in [0.5, 0.6) is 0 Å². The summed E-state index contributed by atoms with van der Waals surface area (Å²) in [6.45, 7) is 8.45. The quantitative estimate of drug-likeness (QED) is 0.840.